The van der Waals surface area contributed by atoms with E-state index in [-0.39, 0.29) is 18.0 Å². The molecule has 194 valence electrons. The Kier molecular flexibility index (Phi) is 7.49. The van der Waals surface area contributed by atoms with Gasteiger partial charge >= 0.3 is 6.03 Å². The first kappa shape index (κ1) is 24.9. The van der Waals surface area contributed by atoms with Crippen LogP contribution in [-0.4, -0.2) is 65.6 Å². The van der Waals surface area contributed by atoms with E-state index in [1.165, 1.54) is 19.3 Å². The van der Waals surface area contributed by atoms with Gasteiger partial charge in [0, 0.05) is 49.2 Å². The summed E-state index contributed by atoms with van der Waals surface area (Å²) in [6.45, 7) is 4.15. The number of hydrogen-bond donors (Lipinski definition) is 1. The van der Waals surface area contributed by atoms with Crippen molar-refractivity contribution in [1.82, 2.24) is 19.7 Å². The zero-order valence-corrected chi connectivity index (χ0v) is 21.8. The molecule has 3 amide bonds. The van der Waals surface area contributed by atoms with Crippen LogP contribution in [-0.2, 0) is 0 Å². The summed E-state index contributed by atoms with van der Waals surface area (Å²) in [6.07, 6.45) is 5.77. The molecule has 0 spiro atoms. The number of urea groups is 1. The van der Waals surface area contributed by atoms with Gasteiger partial charge in [-0.3, -0.25) is 4.79 Å². The number of hydrogen-bond acceptors (Lipinski definition) is 3. The van der Waals surface area contributed by atoms with Gasteiger partial charge in [-0.05, 0) is 50.1 Å². The number of nitrogens with zero attached hydrogens (tertiary/aromatic N) is 3. The third kappa shape index (κ3) is 5.36. The smallest absolute Gasteiger partial charge is 0.317 e. The normalized spacial score (nSPS) is 16.5. The number of carbonyl (C=O) groups is 2. The first-order chi connectivity index (χ1) is 18.0. The molecule has 1 saturated heterocycles. The minimum Gasteiger partial charge on any atom is -0.497 e. The lowest BCUT2D eigenvalue weighted by Crippen LogP contribution is -2.54. The fourth-order valence-corrected chi connectivity index (χ4v) is 5.52. The largest absolute Gasteiger partial charge is 0.497 e. The summed E-state index contributed by atoms with van der Waals surface area (Å²) in [4.78, 5) is 30.2. The van der Waals surface area contributed by atoms with Gasteiger partial charge in [0.1, 0.15) is 5.75 Å². The zero-order chi connectivity index (χ0) is 25.8. The quantitative estimate of drug-likeness (QED) is 0.520. The van der Waals surface area contributed by atoms with Gasteiger partial charge < -0.3 is 24.4 Å². The zero-order valence-electron chi connectivity index (χ0n) is 21.8. The Morgan fingerprint density at radius 2 is 1.57 bits per heavy atom. The molecule has 1 aliphatic carbocycles. The highest BCUT2D eigenvalue weighted by Gasteiger charge is 2.29. The number of rotatable bonds is 5. The lowest BCUT2D eigenvalue weighted by Gasteiger charge is -2.36. The molecule has 1 saturated carbocycles. The number of aromatic nitrogens is 1. The molecule has 0 radical (unpaired) electrons. The molecule has 2 aromatic carbocycles. The Morgan fingerprint density at radius 3 is 2.27 bits per heavy atom. The van der Waals surface area contributed by atoms with Crippen LogP contribution in [0.15, 0.2) is 60.7 Å². The van der Waals surface area contributed by atoms with Crippen LogP contribution in [0.4, 0.5) is 4.79 Å². The van der Waals surface area contributed by atoms with E-state index in [9.17, 15) is 9.59 Å². The van der Waals surface area contributed by atoms with E-state index >= 15 is 0 Å². The van der Waals surface area contributed by atoms with E-state index in [1.807, 2.05) is 65.3 Å². The minimum atomic E-state index is 0.00339. The fourth-order valence-electron chi connectivity index (χ4n) is 5.52. The SMILES string of the molecule is COc1cccc(-c2cc(C(=O)N3CCN(C(=O)NC4CCCCC4)CC3)c(C)n2-c2ccccc2)c1. The van der Waals surface area contributed by atoms with Crippen molar-refractivity contribution in [2.24, 2.45) is 0 Å². The van der Waals surface area contributed by atoms with Gasteiger partial charge in [-0.2, -0.15) is 0 Å². The van der Waals surface area contributed by atoms with Crippen molar-refractivity contribution < 1.29 is 14.3 Å². The van der Waals surface area contributed by atoms with E-state index < -0.39 is 0 Å². The van der Waals surface area contributed by atoms with E-state index in [0.29, 0.717) is 31.7 Å². The van der Waals surface area contributed by atoms with E-state index in [4.69, 9.17) is 4.74 Å². The van der Waals surface area contributed by atoms with Crippen molar-refractivity contribution in [3.63, 3.8) is 0 Å². The van der Waals surface area contributed by atoms with Crippen molar-refractivity contribution in [3.05, 3.63) is 71.9 Å². The van der Waals surface area contributed by atoms with Gasteiger partial charge in [-0.25, -0.2) is 4.79 Å². The molecule has 1 aromatic heterocycles. The van der Waals surface area contributed by atoms with Crippen molar-refractivity contribution >= 4 is 11.9 Å². The third-order valence-electron chi connectivity index (χ3n) is 7.64. The second-order valence-corrected chi connectivity index (χ2v) is 10.00. The second-order valence-electron chi connectivity index (χ2n) is 10.00. The summed E-state index contributed by atoms with van der Waals surface area (Å²) in [6, 6.07) is 20.3. The van der Waals surface area contributed by atoms with Crippen LogP contribution in [0.1, 0.15) is 48.2 Å². The predicted molar refractivity (Wildman–Crippen MR) is 145 cm³/mol. The average molecular weight is 501 g/mol. The van der Waals surface area contributed by atoms with Crippen molar-refractivity contribution in [2.75, 3.05) is 33.3 Å². The van der Waals surface area contributed by atoms with Gasteiger partial charge in [0.2, 0.25) is 0 Å². The number of amides is 3. The molecule has 0 bridgehead atoms. The van der Waals surface area contributed by atoms with Gasteiger partial charge in [0.15, 0.2) is 0 Å². The minimum absolute atomic E-state index is 0.00339. The number of ether oxygens (including phenoxy) is 1. The highest BCUT2D eigenvalue weighted by Crippen LogP contribution is 2.32. The molecule has 7 heteroatoms. The molecule has 0 atom stereocenters. The molecular weight excluding hydrogens is 464 g/mol. The lowest BCUT2D eigenvalue weighted by atomic mass is 9.96. The highest BCUT2D eigenvalue weighted by molar-refractivity contribution is 5.97. The monoisotopic (exact) mass is 500 g/mol. The first-order valence-corrected chi connectivity index (χ1v) is 13.3. The molecular formula is C30H36N4O3. The maximum absolute atomic E-state index is 13.7. The summed E-state index contributed by atoms with van der Waals surface area (Å²) >= 11 is 0. The van der Waals surface area contributed by atoms with Crippen LogP contribution in [0.25, 0.3) is 16.9 Å². The topological polar surface area (TPSA) is 66.8 Å². The number of benzene rings is 2. The summed E-state index contributed by atoms with van der Waals surface area (Å²) in [5, 5.41) is 3.20. The molecule has 7 nitrogen and oxygen atoms in total. The molecule has 3 aromatic rings. The van der Waals surface area contributed by atoms with E-state index in [0.717, 1.165) is 41.2 Å². The van der Waals surface area contributed by atoms with Gasteiger partial charge in [0.05, 0.1) is 18.4 Å². The number of carbonyl (C=O) groups excluding carboxylic acids is 2. The first-order valence-electron chi connectivity index (χ1n) is 13.3. The van der Waals surface area contributed by atoms with Gasteiger partial charge in [0.25, 0.3) is 5.91 Å². The Bertz CT molecular complexity index is 1240. The van der Waals surface area contributed by atoms with Crippen LogP contribution < -0.4 is 10.1 Å². The summed E-state index contributed by atoms with van der Waals surface area (Å²) in [7, 11) is 1.66. The van der Waals surface area contributed by atoms with Crippen LogP contribution in [0.3, 0.4) is 0 Å². The number of nitrogens with one attached hydrogen (secondary N) is 1. The van der Waals surface area contributed by atoms with Crippen LogP contribution >= 0.6 is 0 Å². The number of para-hydroxylation sites is 1. The Morgan fingerprint density at radius 1 is 0.865 bits per heavy atom. The standard InChI is InChI=1S/C30H36N4O3/c1-22-27(29(35)32-16-18-33(19-17-32)30(36)31-24-11-5-3-6-12-24)21-28(23-10-9-15-26(20-23)37-2)34(22)25-13-7-4-8-14-25/h4,7-10,13-15,20-21,24H,3,5-6,11-12,16-19H2,1-2H3,(H,31,36). The molecule has 2 fully saturated rings. The summed E-state index contributed by atoms with van der Waals surface area (Å²) < 4.78 is 7.59. The van der Waals surface area contributed by atoms with Crippen LogP contribution in [0.2, 0.25) is 0 Å². The Labute approximate surface area is 219 Å². The predicted octanol–water partition coefficient (Wildman–Crippen LogP) is 5.26. The maximum Gasteiger partial charge on any atom is 0.317 e. The molecule has 2 aliphatic rings. The van der Waals surface area contributed by atoms with Gasteiger partial charge in [-0.15, -0.1) is 0 Å². The van der Waals surface area contributed by atoms with Crippen molar-refractivity contribution in [3.8, 4) is 22.7 Å². The molecule has 1 N–H and O–H groups in total. The van der Waals surface area contributed by atoms with Crippen molar-refractivity contribution in [1.29, 1.82) is 0 Å². The molecule has 1 aliphatic heterocycles. The Balaban J connectivity index is 1.35. The van der Waals surface area contributed by atoms with Crippen molar-refractivity contribution in [2.45, 2.75) is 45.1 Å². The molecule has 5 rings (SSSR count). The highest BCUT2D eigenvalue weighted by atomic mass is 16.5. The Hall–Kier alpha value is -3.74. The van der Waals surface area contributed by atoms with Crippen LogP contribution in [0, 0.1) is 6.92 Å². The average Bonchev–Trinajstić information content (AvgIpc) is 3.30. The molecule has 37 heavy (non-hydrogen) atoms. The van der Waals surface area contributed by atoms with Gasteiger partial charge in [-0.1, -0.05) is 49.6 Å². The number of methoxy groups -OCH3 is 1. The fraction of sp³-hybridized carbons (Fsp3) is 0.400. The second kappa shape index (κ2) is 11.1. The molecule has 2 heterocycles. The summed E-state index contributed by atoms with van der Waals surface area (Å²) in [5.74, 6) is 0.773. The summed E-state index contributed by atoms with van der Waals surface area (Å²) in [5.41, 5.74) is 4.50. The van der Waals surface area contributed by atoms with E-state index in [2.05, 4.69) is 22.0 Å². The lowest BCUT2D eigenvalue weighted by molar-refractivity contribution is 0.0662. The van der Waals surface area contributed by atoms with E-state index in [1.54, 1.807) is 7.11 Å². The van der Waals surface area contributed by atoms with Crippen LogP contribution in [0.5, 0.6) is 5.75 Å². The third-order valence-corrected chi connectivity index (χ3v) is 7.64. The number of piperazine rings is 1. The maximum atomic E-state index is 13.7. The molecule has 0 unspecified atom stereocenters.